The van der Waals surface area contributed by atoms with Crippen molar-refractivity contribution in [3.8, 4) is 17.2 Å². The second-order valence-corrected chi connectivity index (χ2v) is 8.03. The van der Waals surface area contributed by atoms with E-state index in [0.29, 0.717) is 32.9 Å². The molecular weight excluding hydrogens is 447 g/mol. The van der Waals surface area contributed by atoms with Crippen LogP contribution in [0, 0.1) is 0 Å². The van der Waals surface area contributed by atoms with Crippen molar-refractivity contribution in [1.82, 2.24) is 0 Å². The van der Waals surface area contributed by atoms with Crippen molar-refractivity contribution in [3.05, 3.63) is 75.8 Å². The lowest BCUT2D eigenvalue weighted by Crippen LogP contribution is -2.06. The molecule has 0 aliphatic heterocycles. The van der Waals surface area contributed by atoms with Gasteiger partial charge in [0, 0.05) is 9.92 Å². The molecule has 3 rings (SSSR count). The van der Waals surface area contributed by atoms with Crippen LogP contribution in [0.15, 0.2) is 64.4 Å². The number of phenolic OH excluding ortho intramolecular Hbond substituents is 1. The zero-order valence-electron chi connectivity index (χ0n) is 16.1. The Morgan fingerprint density at radius 3 is 2.40 bits per heavy atom. The van der Waals surface area contributed by atoms with E-state index in [1.54, 1.807) is 18.2 Å². The Hall–Kier alpha value is -2.54. The molecule has 5 nitrogen and oxygen atoms in total. The lowest BCUT2D eigenvalue weighted by atomic mass is 10.2. The molecule has 3 aromatic carbocycles. The van der Waals surface area contributed by atoms with Gasteiger partial charge < -0.3 is 19.3 Å². The van der Waals surface area contributed by atoms with Crippen LogP contribution in [0.2, 0.25) is 10.0 Å². The first-order valence-electron chi connectivity index (χ1n) is 8.76. The van der Waals surface area contributed by atoms with Gasteiger partial charge in [-0.3, -0.25) is 0 Å². The maximum absolute atomic E-state index is 12.4. The number of rotatable bonds is 7. The molecule has 0 saturated carbocycles. The molecule has 0 aliphatic rings. The van der Waals surface area contributed by atoms with E-state index in [9.17, 15) is 9.90 Å². The van der Waals surface area contributed by atoms with Crippen LogP contribution in [-0.2, 0) is 11.3 Å². The third kappa shape index (κ3) is 5.14. The van der Waals surface area contributed by atoms with Crippen molar-refractivity contribution in [1.29, 1.82) is 0 Å². The minimum absolute atomic E-state index is 0.111. The van der Waals surface area contributed by atoms with E-state index < -0.39 is 5.97 Å². The van der Waals surface area contributed by atoms with Gasteiger partial charge in [-0.05, 0) is 29.8 Å². The molecule has 8 heteroatoms. The Balaban J connectivity index is 1.99. The van der Waals surface area contributed by atoms with Crippen LogP contribution >= 0.6 is 35.0 Å². The summed E-state index contributed by atoms with van der Waals surface area (Å²) in [6.45, 7) is 0.301. The number of benzene rings is 3. The van der Waals surface area contributed by atoms with Gasteiger partial charge in [0.25, 0.3) is 0 Å². The third-order valence-electron chi connectivity index (χ3n) is 4.12. The number of hydrogen-bond acceptors (Lipinski definition) is 6. The minimum atomic E-state index is -0.558. The van der Waals surface area contributed by atoms with Gasteiger partial charge in [-0.2, -0.15) is 0 Å². The maximum Gasteiger partial charge on any atom is 0.339 e. The van der Waals surface area contributed by atoms with E-state index in [-0.39, 0.29) is 16.3 Å². The van der Waals surface area contributed by atoms with E-state index in [1.807, 2.05) is 30.3 Å². The molecule has 0 spiro atoms. The number of hydrogen-bond donors (Lipinski definition) is 1. The Morgan fingerprint density at radius 2 is 1.73 bits per heavy atom. The molecule has 30 heavy (non-hydrogen) atoms. The zero-order chi connectivity index (χ0) is 21.7. The number of methoxy groups -OCH3 is 2. The van der Waals surface area contributed by atoms with Crippen molar-refractivity contribution >= 4 is 40.9 Å². The fourth-order valence-corrected chi connectivity index (χ4v) is 4.30. The van der Waals surface area contributed by atoms with Crippen LogP contribution < -0.4 is 9.47 Å². The van der Waals surface area contributed by atoms with E-state index in [4.69, 9.17) is 37.4 Å². The summed E-state index contributed by atoms with van der Waals surface area (Å²) < 4.78 is 16.3. The number of carbonyl (C=O) groups is 1. The number of ether oxygens (including phenoxy) is 3. The Bertz CT molecular complexity index is 1060. The molecule has 0 unspecified atom stereocenters. The summed E-state index contributed by atoms with van der Waals surface area (Å²) in [5.41, 5.74) is 1.22. The Kier molecular flexibility index (Phi) is 7.37. The fraction of sp³-hybridized carbons (Fsp3) is 0.136. The molecule has 0 amide bonds. The summed E-state index contributed by atoms with van der Waals surface area (Å²) in [6, 6.07) is 15.8. The Morgan fingerprint density at radius 1 is 1.00 bits per heavy atom. The lowest BCUT2D eigenvalue weighted by Gasteiger charge is -2.16. The third-order valence-corrected chi connectivity index (χ3v) is 5.72. The fourth-order valence-electron chi connectivity index (χ4n) is 2.64. The van der Waals surface area contributed by atoms with Gasteiger partial charge in [-0.15, -0.1) is 0 Å². The normalized spacial score (nSPS) is 10.5. The molecule has 0 aliphatic carbocycles. The molecule has 0 aromatic heterocycles. The largest absolute Gasteiger partial charge is 0.505 e. The highest BCUT2D eigenvalue weighted by atomic mass is 35.5. The summed E-state index contributed by atoms with van der Waals surface area (Å²) in [6.07, 6.45) is 0. The van der Waals surface area contributed by atoms with Crippen molar-refractivity contribution in [2.45, 2.75) is 16.4 Å². The van der Waals surface area contributed by atoms with Crippen LogP contribution in [-0.4, -0.2) is 25.3 Å². The number of halogens is 2. The highest BCUT2D eigenvalue weighted by molar-refractivity contribution is 7.99. The lowest BCUT2D eigenvalue weighted by molar-refractivity contribution is 0.0596. The van der Waals surface area contributed by atoms with Crippen molar-refractivity contribution in [2.24, 2.45) is 0 Å². The monoisotopic (exact) mass is 464 g/mol. The van der Waals surface area contributed by atoms with Gasteiger partial charge >= 0.3 is 5.97 Å². The number of esters is 1. The van der Waals surface area contributed by atoms with Crippen LogP contribution in [0.3, 0.4) is 0 Å². The average molecular weight is 465 g/mol. The molecule has 0 fully saturated rings. The molecule has 0 heterocycles. The van der Waals surface area contributed by atoms with Crippen LogP contribution in [0.5, 0.6) is 17.2 Å². The number of carbonyl (C=O) groups excluding carboxylic acids is 1. The minimum Gasteiger partial charge on any atom is -0.505 e. The van der Waals surface area contributed by atoms with Gasteiger partial charge in [0.05, 0.1) is 29.7 Å². The van der Waals surface area contributed by atoms with E-state index >= 15 is 0 Å². The van der Waals surface area contributed by atoms with Gasteiger partial charge in [-0.25, -0.2) is 4.79 Å². The molecular formula is C22H18Cl2O5S. The van der Waals surface area contributed by atoms with Gasteiger partial charge in [0.1, 0.15) is 12.4 Å². The molecule has 0 radical (unpaired) electrons. The molecule has 1 N–H and O–H groups in total. The summed E-state index contributed by atoms with van der Waals surface area (Å²) >= 11 is 13.2. The first kappa shape index (κ1) is 22.2. The zero-order valence-corrected chi connectivity index (χ0v) is 18.5. The summed E-state index contributed by atoms with van der Waals surface area (Å²) in [4.78, 5) is 13.3. The smallest absolute Gasteiger partial charge is 0.339 e. The second kappa shape index (κ2) is 9.98. The predicted octanol–water partition coefficient (Wildman–Crippen LogP) is 6.22. The molecule has 0 saturated heterocycles. The molecule has 3 aromatic rings. The molecule has 0 bridgehead atoms. The predicted molar refractivity (Wildman–Crippen MR) is 117 cm³/mol. The maximum atomic E-state index is 12.4. The van der Waals surface area contributed by atoms with Crippen molar-refractivity contribution < 1.29 is 24.1 Å². The van der Waals surface area contributed by atoms with E-state index in [1.165, 1.54) is 20.3 Å². The summed E-state index contributed by atoms with van der Waals surface area (Å²) in [7, 11) is 2.80. The topological polar surface area (TPSA) is 65.0 Å². The van der Waals surface area contributed by atoms with E-state index in [0.717, 1.165) is 17.3 Å². The number of aromatic hydroxyl groups is 1. The summed E-state index contributed by atoms with van der Waals surface area (Å²) in [5.74, 6) is 0.121. The highest BCUT2D eigenvalue weighted by Crippen LogP contribution is 2.44. The highest BCUT2D eigenvalue weighted by Gasteiger charge is 2.20. The molecule has 156 valence electrons. The molecule has 0 atom stereocenters. The first-order valence-corrected chi connectivity index (χ1v) is 10.3. The van der Waals surface area contributed by atoms with Gasteiger partial charge in [0.15, 0.2) is 11.5 Å². The first-order chi connectivity index (χ1) is 14.4. The summed E-state index contributed by atoms with van der Waals surface area (Å²) in [5, 5.41) is 10.7. The SMILES string of the molecule is COC(=O)c1cc(OCc2ccccc2)c(OC)cc1Sc1cc(Cl)cc(Cl)c1O. The van der Waals surface area contributed by atoms with Gasteiger partial charge in [0.2, 0.25) is 0 Å². The second-order valence-electron chi connectivity index (χ2n) is 6.10. The van der Waals surface area contributed by atoms with Crippen molar-refractivity contribution in [2.75, 3.05) is 14.2 Å². The van der Waals surface area contributed by atoms with Gasteiger partial charge in [-0.1, -0.05) is 65.3 Å². The standard InChI is InChI=1S/C22H18Cl2O5S/c1-27-17-11-19(30-20-9-14(23)8-16(24)21(20)25)15(22(26)28-2)10-18(17)29-12-13-6-4-3-5-7-13/h3-11,25H,12H2,1-2H3. The quantitative estimate of drug-likeness (QED) is 0.418. The van der Waals surface area contributed by atoms with Crippen LogP contribution in [0.4, 0.5) is 0 Å². The van der Waals surface area contributed by atoms with Crippen molar-refractivity contribution in [3.63, 3.8) is 0 Å². The number of phenols is 1. The Labute approximate surface area is 188 Å². The van der Waals surface area contributed by atoms with Crippen LogP contribution in [0.1, 0.15) is 15.9 Å². The van der Waals surface area contributed by atoms with E-state index in [2.05, 4.69) is 0 Å². The van der Waals surface area contributed by atoms with Crippen LogP contribution in [0.25, 0.3) is 0 Å². The average Bonchev–Trinajstić information content (AvgIpc) is 2.75.